The number of carbonyl (C=O) groups is 1. The summed E-state index contributed by atoms with van der Waals surface area (Å²) in [6, 6.07) is 20.8. The zero-order valence-corrected chi connectivity index (χ0v) is 16.4. The lowest BCUT2D eigenvalue weighted by molar-refractivity contribution is -0.641. The number of nitrogens with two attached hydrogens (primary N) is 1. The minimum Gasteiger partial charge on any atom is -0.339 e. The Hall–Kier alpha value is -2.72. The van der Waals surface area contributed by atoms with Gasteiger partial charge >= 0.3 is 0 Å². The molecule has 0 radical (unpaired) electrons. The molecule has 2 aromatic carbocycles. The molecule has 1 aliphatic carbocycles. The van der Waals surface area contributed by atoms with E-state index in [2.05, 4.69) is 61.5 Å². The molecule has 1 heterocycles. The van der Waals surface area contributed by atoms with E-state index < -0.39 is 0 Å². The van der Waals surface area contributed by atoms with Crippen LogP contribution in [0.4, 0.5) is 0 Å². The molecule has 1 amide bonds. The standard InChI is InChI=1S/C24H27N3O/c1-2-25-17-22(28)27-24(19-12-7-4-8-13-19)21-15-9-14-20(23(21)26-27)16-18-10-5-3-6-11-18/h3-8,10-13,16,21,24-25H,2,9,14-15,17H2,1H3/p+1/b20-16+/t21-,24+/m0/s1. The fraction of sp³-hybridized carbons (Fsp3) is 0.333. The number of benzene rings is 2. The molecular formula is C24H28N3O+. The van der Waals surface area contributed by atoms with Gasteiger partial charge in [-0.15, -0.1) is 0 Å². The van der Waals surface area contributed by atoms with Crippen molar-refractivity contribution >= 4 is 17.7 Å². The third-order valence-corrected chi connectivity index (χ3v) is 5.65. The molecule has 0 bridgehead atoms. The molecule has 2 N–H and O–H groups in total. The van der Waals surface area contributed by atoms with Crippen LogP contribution < -0.4 is 5.32 Å². The molecule has 2 aromatic rings. The van der Waals surface area contributed by atoms with Crippen LogP contribution in [0.25, 0.3) is 6.08 Å². The minimum absolute atomic E-state index is 0.00781. The second-order valence-electron chi connectivity index (χ2n) is 7.56. The lowest BCUT2D eigenvalue weighted by Gasteiger charge is -2.29. The molecule has 144 valence electrons. The molecule has 0 saturated heterocycles. The maximum Gasteiger partial charge on any atom is 0.298 e. The van der Waals surface area contributed by atoms with Crippen LogP contribution in [0.3, 0.4) is 0 Å². The van der Waals surface area contributed by atoms with E-state index in [-0.39, 0.29) is 17.9 Å². The Bertz CT molecular complexity index is 873. The summed E-state index contributed by atoms with van der Waals surface area (Å²) in [7, 11) is 0. The Balaban J connectivity index is 1.71. The average Bonchev–Trinajstić information content (AvgIpc) is 3.14. The van der Waals surface area contributed by atoms with Crippen LogP contribution in [0, 0.1) is 5.92 Å². The van der Waals surface area contributed by atoms with Crippen LogP contribution in [0.1, 0.15) is 43.4 Å². The molecule has 4 heteroatoms. The third kappa shape index (κ3) is 3.78. The van der Waals surface area contributed by atoms with E-state index in [9.17, 15) is 4.79 Å². The Morgan fingerprint density at radius 3 is 2.57 bits per heavy atom. The van der Waals surface area contributed by atoms with E-state index in [1.54, 1.807) is 5.01 Å². The molecule has 0 aromatic heterocycles. The Morgan fingerprint density at radius 2 is 1.86 bits per heavy atom. The van der Waals surface area contributed by atoms with Gasteiger partial charge in [-0.3, -0.25) is 4.79 Å². The molecule has 0 spiro atoms. The second kappa shape index (κ2) is 8.53. The van der Waals surface area contributed by atoms with Crippen molar-refractivity contribution in [2.24, 2.45) is 11.0 Å². The van der Waals surface area contributed by atoms with Crippen molar-refractivity contribution in [3.8, 4) is 0 Å². The summed E-state index contributed by atoms with van der Waals surface area (Å²) in [5.41, 5.74) is 4.75. The van der Waals surface area contributed by atoms with Crippen molar-refractivity contribution in [1.82, 2.24) is 5.01 Å². The van der Waals surface area contributed by atoms with Gasteiger partial charge in [0.15, 0.2) is 6.54 Å². The SMILES string of the molecule is CC[NH2+]CC(=O)N1N=C2/C(=C/c3ccccc3)CCC[C@@H]2[C@H]1c1ccccc1. The normalized spacial score (nSPS) is 22.8. The number of fused-ring (bicyclic) bond motifs is 1. The van der Waals surface area contributed by atoms with Crippen molar-refractivity contribution in [1.29, 1.82) is 0 Å². The lowest BCUT2D eigenvalue weighted by Crippen LogP contribution is -2.86. The van der Waals surface area contributed by atoms with Gasteiger partial charge in [-0.05, 0) is 49.0 Å². The zero-order chi connectivity index (χ0) is 19.3. The number of hydrogen-bond acceptors (Lipinski definition) is 2. The second-order valence-corrected chi connectivity index (χ2v) is 7.56. The number of allylic oxidation sites excluding steroid dienone is 1. The molecular weight excluding hydrogens is 346 g/mol. The van der Waals surface area contributed by atoms with Crippen LogP contribution in [-0.2, 0) is 4.79 Å². The van der Waals surface area contributed by atoms with Gasteiger partial charge in [0, 0.05) is 5.92 Å². The van der Waals surface area contributed by atoms with E-state index in [1.165, 1.54) is 16.7 Å². The van der Waals surface area contributed by atoms with Crippen molar-refractivity contribution in [2.75, 3.05) is 13.1 Å². The van der Waals surface area contributed by atoms with Crippen LogP contribution in [0.15, 0.2) is 71.3 Å². The van der Waals surface area contributed by atoms with Crippen LogP contribution in [0.2, 0.25) is 0 Å². The first-order valence-corrected chi connectivity index (χ1v) is 10.3. The minimum atomic E-state index is 0.00781. The Kier molecular flexibility index (Phi) is 5.68. The summed E-state index contributed by atoms with van der Waals surface area (Å²) in [5, 5.41) is 8.71. The number of nitrogens with zero attached hydrogens (tertiary/aromatic N) is 2. The number of carbonyl (C=O) groups excluding carboxylic acids is 1. The number of hydrogen-bond donors (Lipinski definition) is 1. The average molecular weight is 375 g/mol. The summed E-state index contributed by atoms with van der Waals surface area (Å²) >= 11 is 0. The van der Waals surface area contributed by atoms with Gasteiger partial charge in [0.1, 0.15) is 0 Å². The first kappa shape index (κ1) is 18.6. The largest absolute Gasteiger partial charge is 0.339 e. The van der Waals surface area contributed by atoms with E-state index in [0.717, 1.165) is 31.5 Å². The molecule has 2 aliphatic rings. The van der Waals surface area contributed by atoms with E-state index in [1.807, 2.05) is 17.4 Å². The summed E-state index contributed by atoms with van der Waals surface area (Å²) in [4.78, 5) is 13.0. The highest BCUT2D eigenvalue weighted by Gasteiger charge is 2.43. The predicted molar refractivity (Wildman–Crippen MR) is 113 cm³/mol. The zero-order valence-electron chi connectivity index (χ0n) is 16.4. The first-order valence-electron chi connectivity index (χ1n) is 10.3. The van der Waals surface area contributed by atoms with Gasteiger partial charge in [-0.1, -0.05) is 60.7 Å². The van der Waals surface area contributed by atoms with Gasteiger partial charge in [0.25, 0.3) is 5.91 Å². The van der Waals surface area contributed by atoms with E-state index >= 15 is 0 Å². The molecule has 0 unspecified atom stereocenters. The summed E-state index contributed by atoms with van der Waals surface area (Å²) in [6.07, 6.45) is 5.48. The smallest absolute Gasteiger partial charge is 0.298 e. The highest BCUT2D eigenvalue weighted by molar-refractivity contribution is 6.08. The van der Waals surface area contributed by atoms with E-state index in [0.29, 0.717) is 6.54 Å². The quantitative estimate of drug-likeness (QED) is 0.857. The van der Waals surface area contributed by atoms with Gasteiger partial charge in [-0.25, -0.2) is 5.01 Å². The summed E-state index contributed by atoms with van der Waals surface area (Å²) in [6.45, 7) is 3.41. The Labute approximate surface area is 167 Å². The number of quaternary nitrogens is 1. The fourth-order valence-corrected chi connectivity index (χ4v) is 4.30. The molecule has 1 aliphatic heterocycles. The maximum absolute atomic E-state index is 13.0. The van der Waals surface area contributed by atoms with Gasteiger partial charge in [0.05, 0.1) is 18.3 Å². The van der Waals surface area contributed by atoms with Crippen molar-refractivity contribution < 1.29 is 10.1 Å². The van der Waals surface area contributed by atoms with Crippen LogP contribution in [-0.4, -0.2) is 29.7 Å². The molecule has 4 nitrogen and oxygen atoms in total. The highest BCUT2D eigenvalue weighted by atomic mass is 16.2. The topological polar surface area (TPSA) is 49.3 Å². The van der Waals surface area contributed by atoms with Crippen molar-refractivity contribution in [3.05, 3.63) is 77.4 Å². The molecule has 28 heavy (non-hydrogen) atoms. The fourth-order valence-electron chi connectivity index (χ4n) is 4.30. The number of likely N-dealkylation sites (N-methyl/N-ethyl adjacent to an activating group) is 1. The molecule has 1 saturated carbocycles. The molecule has 4 rings (SSSR count). The highest BCUT2D eigenvalue weighted by Crippen LogP contribution is 2.44. The third-order valence-electron chi connectivity index (χ3n) is 5.65. The van der Waals surface area contributed by atoms with E-state index in [4.69, 9.17) is 5.10 Å². The maximum atomic E-state index is 13.0. The Morgan fingerprint density at radius 1 is 1.14 bits per heavy atom. The number of hydrazone groups is 1. The summed E-state index contributed by atoms with van der Waals surface area (Å²) in [5.74, 6) is 0.369. The first-order chi connectivity index (χ1) is 13.8. The number of rotatable bonds is 5. The number of amides is 1. The van der Waals surface area contributed by atoms with Gasteiger partial charge in [-0.2, -0.15) is 5.10 Å². The van der Waals surface area contributed by atoms with Gasteiger partial charge < -0.3 is 5.32 Å². The van der Waals surface area contributed by atoms with Crippen LogP contribution in [0.5, 0.6) is 0 Å². The van der Waals surface area contributed by atoms with Gasteiger partial charge in [0.2, 0.25) is 0 Å². The van der Waals surface area contributed by atoms with Crippen molar-refractivity contribution in [2.45, 2.75) is 32.2 Å². The summed E-state index contributed by atoms with van der Waals surface area (Å²) < 4.78 is 0. The van der Waals surface area contributed by atoms with Crippen LogP contribution >= 0.6 is 0 Å². The monoisotopic (exact) mass is 374 g/mol. The lowest BCUT2D eigenvalue weighted by atomic mass is 9.77. The van der Waals surface area contributed by atoms with Crippen molar-refractivity contribution in [3.63, 3.8) is 0 Å². The molecule has 2 atom stereocenters. The predicted octanol–water partition coefficient (Wildman–Crippen LogP) is 3.39. The molecule has 1 fully saturated rings.